The number of benzene rings is 1. The van der Waals surface area contributed by atoms with Crippen LogP contribution in [0.3, 0.4) is 0 Å². The topological polar surface area (TPSA) is 82.0 Å². The fourth-order valence-corrected chi connectivity index (χ4v) is 1.41. The fourth-order valence-electron chi connectivity index (χ4n) is 1.41. The molecule has 0 radical (unpaired) electrons. The molecule has 0 heterocycles. The van der Waals surface area contributed by atoms with Gasteiger partial charge in [-0.1, -0.05) is 6.07 Å². The van der Waals surface area contributed by atoms with Gasteiger partial charge >= 0.3 is 0 Å². The van der Waals surface area contributed by atoms with Gasteiger partial charge in [0.25, 0.3) is 5.91 Å². The lowest BCUT2D eigenvalue weighted by molar-refractivity contribution is -0.120. The summed E-state index contributed by atoms with van der Waals surface area (Å²) < 4.78 is 0. The Morgan fingerprint density at radius 2 is 2.11 bits per heavy atom. The smallest absolute Gasteiger partial charge is 0.251 e. The van der Waals surface area contributed by atoms with Crippen LogP contribution in [-0.2, 0) is 4.79 Å². The van der Waals surface area contributed by atoms with Crippen molar-refractivity contribution in [2.24, 2.45) is 0 Å². The number of carbonyl (C=O) groups is 2. The van der Waals surface area contributed by atoms with Gasteiger partial charge in [0.05, 0.1) is 11.6 Å². The second kappa shape index (κ2) is 7.07. The molecule has 0 aliphatic heterocycles. The first-order chi connectivity index (χ1) is 8.67. The van der Waals surface area contributed by atoms with Crippen molar-refractivity contribution in [3.63, 3.8) is 0 Å². The van der Waals surface area contributed by atoms with Gasteiger partial charge in [-0.05, 0) is 25.1 Å². The largest absolute Gasteiger partial charge is 0.356 e. The number of rotatable bonds is 5. The molecule has 1 aromatic carbocycles. The summed E-state index contributed by atoms with van der Waals surface area (Å²) in [5.41, 5.74) is 0.858. The van der Waals surface area contributed by atoms with Crippen molar-refractivity contribution in [3.8, 4) is 6.07 Å². The molecule has 5 nitrogen and oxygen atoms in total. The molecule has 0 aliphatic carbocycles. The molecule has 0 saturated heterocycles. The molecular formula is C13H15N3O2. The minimum atomic E-state index is -0.281. The Bertz CT molecular complexity index is 477. The Hall–Kier alpha value is -2.35. The minimum Gasteiger partial charge on any atom is -0.356 e. The van der Waals surface area contributed by atoms with E-state index in [1.807, 2.05) is 13.0 Å². The van der Waals surface area contributed by atoms with Gasteiger partial charge in [0, 0.05) is 25.1 Å². The molecule has 0 atom stereocenters. The monoisotopic (exact) mass is 245 g/mol. The van der Waals surface area contributed by atoms with Crippen LogP contribution in [0.2, 0.25) is 0 Å². The first-order valence-electron chi connectivity index (χ1n) is 5.72. The fraction of sp³-hybridized carbons (Fsp3) is 0.308. The van der Waals surface area contributed by atoms with Crippen molar-refractivity contribution in [1.82, 2.24) is 10.6 Å². The number of amides is 2. The molecule has 5 heteroatoms. The quantitative estimate of drug-likeness (QED) is 0.805. The third-order valence-corrected chi connectivity index (χ3v) is 2.27. The number of hydrogen-bond acceptors (Lipinski definition) is 3. The second-order valence-corrected chi connectivity index (χ2v) is 3.65. The molecule has 94 valence electrons. The van der Waals surface area contributed by atoms with E-state index in [0.717, 1.165) is 0 Å². The van der Waals surface area contributed by atoms with Crippen molar-refractivity contribution in [3.05, 3.63) is 35.4 Å². The summed E-state index contributed by atoms with van der Waals surface area (Å²) in [7, 11) is 0. The number of carbonyl (C=O) groups excluding carboxylic acids is 2. The molecule has 2 amide bonds. The third kappa shape index (κ3) is 4.26. The summed E-state index contributed by atoms with van der Waals surface area (Å²) in [4.78, 5) is 22.9. The predicted octanol–water partition coefficient (Wildman–Crippen LogP) is 0.814. The Morgan fingerprint density at radius 3 is 2.78 bits per heavy atom. The zero-order valence-corrected chi connectivity index (χ0v) is 10.2. The third-order valence-electron chi connectivity index (χ3n) is 2.27. The van der Waals surface area contributed by atoms with E-state index in [0.29, 0.717) is 17.7 Å². The maximum absolute atomic E-state index is 11.7. The molecule has 0 aliphatic rings. The molecule has 1 aromatic rings. The van der Waals surface area contributed by atoms with Gasteiger partial charge in [-0.2, -0.15) is 5.26 Å². The van der Waals surface area contributed by atoms with Crippen LogP contribution in [0.1, 0.15) is 29.3 Å². The Balaban J connectivity index is 2.46. The van der Waals surface area contributed by atoms with E-state index < -0.39 is 0 Å². The van der Waals surface area contributed by atoms with Gasteiger partial charge in [0.1, 0.15) is 0 Å². The van der Waals surface area contributed by atoms with Crippen molar-refractivity contribution in [2.45, 2.75) is 13.3 Å². The first-order valence-corrected chi connectivity index (χ1v) is 5.72. The highest BCUT2D eigenvalue weighted by atomic mass is 16.2. The van der Waals surface area contributed by atoms with Gasteiger partial charge in [-0.15, -0.1) is 0 Å². The molecular weight excluding hydrogens is 230 g/mol. The molecule has 1 rings (SSSR count). The minimum absolute atomic E-state index is 0.0939. The molecule has 0 saturated carbocycles. The summed E-state index contributed by atoms with van der Waals surface area (Å²) in [5, 5.41) is 14.0. The van der Waals surface area contributed by atoms with Gasteiger partial charge in [0.15, 0.2) is 0 Å². The van der Waals surface area contributed by atoms with E-state index in [9.17, 15) is 9.59 Å². The van der Waals surface area contributed by atoms with Crippen LogP contribution in [0.4, 0.5) is 0 Å². The van der Waals surface area contributed by atoms with Crippen molar-refractivity contribution < 1.29 is 9.59 Å². The Morgan fingerprint density at radius 1 is 1.33 bits per heavy atom. The predicted molar refractivity (Wildman–Crippen MR) is 66.8 cm³/mol. The lowest BCUT2D eigenvalue weighted by atomic mass is 10.1. The van der Waals surface area contributed by atoms with E-state index in [2.05, 4.69) is 10.6 Å². The maximum Gasteiger partial charge on any atom is 0.251 e. The lowest BCUT2D eigenvalue weighted by Gasteiger charge is -2.05. The van der Waals surface area contributed by atoms with Gasteiger partial charge in [0.2, 0.25) is 5.91 Å². The maximum atomic E-state index is 11.7. The normalized spacial score (nSPS) is 9.33. The summed E-state index contributed by atoms with van der Waals surface area (Å²) in [6.45, 7) is 2.70. The zero-order chi connectivity index (χ0) is 13.4. The summed E-state index contributed by atoms with van der Waals surface area (Å²) in [5.74, 6) is -0.375. The SMILES string of the molecule is CCNC(=O)CCNC(=O)c1cccc(C#N)c1. The van der Waals surface area contributed by atoms with Crippen LogP contribution in [0.15, 0.2) is 24.3 Å². The highest BCUT2D eigenvalue weighted by Gasteiger charge is 2.06. The first kappa shape index (κ1) is 13.7. The number of nitrogens with one attached hydrogen (secondary N) is 2. The number of hydrogen-bond donors (Lipinski definition) is 2. The summed E-state index contributed by atoms with van der Waals surface area (Å²) >= 11 is 0. The van der Waals surface area contributed by atoms with E-state index in [-0.39, 0.29) is 24.8 Å². The molecule has 0 aromatic heterocycles. The average molecular weight is 245 g/mol. The molecule has 0 fully saturated rings. The Kier molecular flexibility index (Phi) is 5.39. The van der Waals surface area contributed by atoms with Gasteiger partial charge < -0.3 is 10.6 Å². The number of nitriles is 1. The van der Waals surface area contributed by atoms with Crippen molar-refractivity contribution in [2.75, 3.05) is 13.1 Å². The zero-order valence-electron chi connectivity index (χ0n) is 10.2. The Labute approximate surface area is 106 Å². The van der Waals surface area contributed by atoms with Crippen LogP contribution in [0.5, 0.6) is 0 Å². The van der Waals surface area contributed by atoms with Crippen LogP contribution in [-0.4, -0.2) is 24.9 Å². The van der Waals surface area contributed by atoms with E-state index in [4.69, 9.17) is 5.26 Å². The van der Waals surface area contributed by atoms with Gasteiger partial charge in [-0.25, -0.2) is 0 Å². The van der Waals surface area contributed by atoms with Gasteiger partial charge in [-0.3, -0.25) is 9.59 Å². The van der Waals surface area contributed by atoms with E-state index in [1.165, 1.54) is 6.07 Å². The molecule has 0 bridgehead atoms. The molecule has 2 N–H and O–H groups in total. The molecule has 0 unspecified atom stereocenters. The highest BCUT2D eigenvalue weighted by Crippen LogP contribution is 2.03. The number of nitrogens with zero attached hydrogens (tertiary/aromatic N) is 1. The summed E-state index contributed by atoms with van der Waals surface area (Å²) in [6.07, 6.45) is 0.248. The average Bonchev–Trinajstić information content (AvgIpc) is 2.39. The van der Waals surface area contributed by atoms with E-state index in [1.54, 1.807) is 18.2 Å². The van der Waals surface area contributed by atoms with Crippen LogP contribution in [0, 0.1) is 11.3 Å². The lowest BCUT2D eigenvalue weighted by Crippen LogP contribution is -2.30. The van der Waals surface area contributed by atoms with E-state index >= 15 is 0 Å². The highest BCUT2D eigenvalue weighted by molar-refractivity contribution is 5.94. The van der Waals surface area contributed by atoms with Crippen LogP contribution >= 0.6 is 0 Å². The summed E-state index contributed by atoms with van der Waals surface area (Å²) in [6, 6.07) is 8.39. The standard InChI is InChI=1S/C13H15N3O2/c1-2-15-12(17)6-7-16-13(18)11-5-3-4-10(8-11)9-14/h3-5,8H,2,6-7H2,1H3,(H,15,17)(H,16,18). The van der Waals surface area contributed by atoms with Crippen molar-refractivity contribution >= 4 is 11.8 Å². The second-order valence-electron chi connectivity index (χ2n) is 3.65. The van der Waals surface area contributed by atoms with Crippen molar-refractivity contribution in [1.29, 1.82) is 5.26 Å². The van der Waals surface area contributed by atoms with Crippen LogP contribution < -0.4 is 10.6 Å². The molecule has 0 spiro atoms. The van der Waals surface area contributed by atoms with Crippen LogP contribution in [0.25, 0.3) is 0 Å². The molecule has 18 heavy (non-hydrogen) atoms.